The molecule has 0 unspecified atom stereocenters. The second-order valence-corrected chi connectivity index (χ2v) is 8.06. The molecule has 0 aliphatic heterocycles. The molecule has 0 atom stereocenters. The summed E-state index contributed by atoms with van der Waals surface area (Å²) >= 11 is 1.58. The number of nitrogens with zero attached hydrogens (tertiary/aromatic N) is 3. The van der Waals surface area contributed by atoms with E-state index in [1.165, 1.54) is 29.1 Å². The van der Waals surface area contributed by atoms with Crippen molar-refractivity contribution in [1.82, 2.24) is 15.0 Å². The zero-order chi connectivity index (χ0) is 21.1. The van der Waals surface area contributed by atoms with Crippen LogP contribution in [0, 0.1) is 0 Å². The van der Waals surface area contributed by atoms with Crippen molar-refractivity contribution in [3.05, 3.63) is 62.5 Å². The van der Waals surface area contributed by atoms with Gasteiger partial charge >= 0.3 is 5.97 Å². The number of hydrogen-bond acceptors (Lipinski definition) is 7. The third-order valence-electron chi connectivity index (χ3n) is 4.99. The van der Waals surface area contributed by atoms with Gasteiger partial charge in [-0.15, -0.1) is 11.3 Å². The Morgan fingerprint density at radius 3 is 2.80 bits per heavy atom. The van der Waals surface area contributed by atoms with Crippen molar-refractivity contribution in [3.8, 4) is 0 Å². The highest BCUT2D eigenvalue weighted by atomic mass is 32.1. The van der Waals surface area contributed by atoms with Gasteiger partial charge < -0.3 is 4.74 Å². The van der Waals surface area contributed by atoms with E-state index in [-0.39, 0.29) is 12.1 Å². The molecule has 0 spiro atoms. The van der Waals surface area contributed by atoms with Crippen LogP contribution in [0.3, 0.4) is 0 Å². The normalized spacial score (nSPS) is 13.4. The molecule has 1 aliphatic carbocycles. The Balaban J connectivity index is 1.43. The van der Waals surface area contributed by atoms with Gasteiger partial charge in [0.15, 0.2) is 0 Å². The molecule has 2 aromatic heterocycles. The minimum Gasteiger partial charge on any atom is -0.465 e. The maximum Gasteiger partial charge on any atom is 0.337 e. The lowest BCUT2D eigenvalue weighted by Gasteiger charge is -2.10. The van der Waals surface area contributed by atoms with E-state index in [0.29, 0.717) is 16.5 Å². The molecule has 0 radical (unpaired) electrons. The molecule has 154 valence electrons. The quantitative estimate of drug-likeness (QED) is 0.385. The first kappa shape index (κ1) is 20.0. The molecule has 0 bridgehead atoms. The standard InChI is InChI=1S/C21H20N4O4S/c1-29-21(28)14-8-6-13(7-9-14)10-23-24-17(26)11-25-12-22-19-18(20(25)27)15-4-2-3-5-16(15)30-19/h6-10,12H,2-5,11H2,1H3,(H,24,26)/b23-10+. The van der Waals surface area contributed by atoms with Gasteiger partial charge in [-0.1, -0.05) is 12.1 Å². The van der Waals surface area contributed by atoms with Crippen LogP contribution in [0.25, 0.3) is 10.2 Å². The van der Waals surface area contributed by atoms with Gasteiger partial charge in [0.2, 0.25) is 0 Å². The van der Waals surface area contributed by atoms with Crippen molar-refractivity contribution in [2.75, 3.05) is 7.11 Å². The van der Waals surface area contributed by atoms with Crippen LogP contribution in [0.1, 0.15) is 39.2 Å². The molecule has 4 rings (SSSR count). The van der Waals surface area contributed by atoms with Crippen LogP contribution in [-0.4, -0.2) is 34.8 Å². The first-order chi connectivity index (χ1) is 14.6. The maximum atomic E-state index is 12.9. The Morgan fingerprint density at radius 2 is 2.03 bits per heavy atom. The van der Waals surface area contributed by atoms with E-state index >= 15 is 0 Å². The predicted octanol–water partition coefficient (Wildman–Crippen LogP) is 2.27. The molecule has 0 saturated heterocycles. The second kappa shape index (κ2) is 8.58. The zero-order valence-corrected chi connectivity index (χ0v) is 17.2. The number of thiophene rings is 1. The number of benzene rings is 1. The van der Waals surface area contributed by atoms with Gasteiger partial charge in [0.25, 0.3) is 11.5 Å². The smallest absolute Gasteiger partial charge is 0.337 e. The zero-order valence-electron chi connectivity index (χ0n) is 16.4. The van der Waals surface area contributed by atoms with Crippen LogP contribution >= 0.6 is 11.3 Å². The van der Waals surface area contributed by atoms with Gasteiger partial charge in [-0.05, 0) is 48.9 Å². The molecule has 0 fully saturated rings. The Labute approximate surface area is 176 Å². The third-order valence-corrected chi connectivity index (χ3v) is 6.19. The Morgan fingerprint density at radius 1 is 1.27 bits per heavy atom. The molecule has 3 aromatic rings. The van der Waals surface area contributed by atoms with Crippen molar-refractivity contribution >= 4 is 39.6 Å². The van der Waals surface area contributed by atoms with Crippen LogP contribution in [0.2, 0.25) is 0 Å². The van der Waals surface area contributed by atoms with E-state index in [1.807, 2.05) is 0 Å². The lowest BCUT2D eigenvalue weighted by atomic mass is 9.97. The number of carbonyl (C=O) groups excluding carboxylic acids is 2. The van der Waals surface area contributed by atoms with E-state index in [1.54, 1.807) is 35.6 Å². The molecule has 1 N–H and O–H groups in total. The fraction of sp³-hybridized carbons (Fsp3) is 0.286. The van der Waals surface area contributed by atoms with Crippen molar-refractivity contribution < 1.29 is 14.3 Å². The predicted molar refractivity (Wildman–Crippen MR) is 114 cm³/mol. The average molecular weight is 424 g/mol. The number of nitrogens with one attached hydrogen (secondary N) is 1. The number of hydrazone groups is 1. The molecule has 0 saturated carbocycles. The molecular weight excluding hydrogens is 404 g/mol. The summed E-state index contributed by atoms with van der Waals surface area (Å²) in [4.78, 5) is 42.9. The Hall–Kier alpha value is -3.33. The molecular formula is C21H20N4O4S. The lowest BCUT2D eigenvalue weighted by Crippen LogP contribution is -2.30. The molecule has 1 amide bonds. The van der Waals surface area contributed by atoms with Gasteiger partial charge in [0.05, 0.1) is 30.6 Å². The number of hydrogen-bond donors (Lipinski definition) is 1. The van der Waals surface area contributed by atoms with E-state index in [2.05, 4.69) is 20.2 Å². The topological polar surface area (TPSA) is 103 Å². The number of ether oxygens (including phenoxy) is 1. The summed E-state index contributed by atoms with van der Waals surface area (Å²) in [5, 5.41) is 4.56. The minimum absolute atomic E-state index is 0.162. The first-order valence-electron chi connectivity index (χ1n) is 9.57. The third kappa shape index (κ3) is 4.02. The van der Waals surface area contributed by atoms with E-state index in [0.717, 1.165) is 36.1 Å². The second-order valence-electron chi connectivity index (χ2n) is 6.98. The molecule has 1 aliphatic rings. The highest BCUT2D eigenvalue weighted by Gasteiger charge is 2.20. The molecule has 1 aromatic carbocycles. The fourth-order valence-electron chi connectivity index (χ4n) is 3.49. The number of carbonyl (C=O) groups is 2. The lowest BCUT2D eigenvalue weighted by molar-refractivity contribution is -0.121. The van der Waals surface area contributed by atoms with Crippen molar-refractivity contribution in [3.63, 3.8) is 0 Å². The van der Waals surface area contributed by atoms with Gasteiger partial charge in [0.1, 0.15) is 11.4 Å². The summed E-state index contributed by atoms with van der Waals surface area (Å²) in [6.45, 7) is -0.162. The van der Waals surface area contributed by atoms with E-state index < -0.39 is 11.9 Å². The maximum absolute atomic E-state index is 12.9. The summed E-state index contributed by atoms with van der Waals surface area (Å²) in [7, 11) is 1.32. The summed E-state index contributed by atoms with van der Waals surface area (Å²) < 4.78 is 5.96. The van der Waals surface area contributed by atoms with Crippen molar-refractivity contribution in [2.45, 2.75) is 32.2 Å². The van der Waals surface area contributed by atoms with E-state index in [9.17, 15) is 14.4 Å². The molecule has 2 heterocycles. The molecule has 9 heteroatoms. The number of aromatic nitrogens is 2. The number of rotatable bonds is 5. The van der Waals surface area contributed by atoms with Crippen LogP contribution in [-0.2, 0) is 28.9 Å². The van der Waals surface area contributed by atoms with Crippen LogP contribution < -0.4 is 11.0 Å². The van der Waals surface area contributed by atoms with Crippen LogP contribution in [0.15, 0.2) is 40.5 Å². The number of amides is 1. The highest BCUT2D eigenvalue weighted by molar-refractivity contribution is 7.18. The number of fused-ring (bicyclic) bond motifs is 3. The first-order valence-corrected chi connectivity index (χ1v) is 10.4. The molecule has 8 nitrogen and oxygen atoms in total. The van der Waals surface area contributed by atoms with Crippen molar-refractivity contribution in [2.24, 2.45) is 5.10 Å². The van der Waals surface area contributed by atoms with Crippen LogP contribution in [0.5, 0.6) is 0 Å². The summed E-state index contributed by atoms with van der Waals surface area (Å²) in [5.41, 5.74) is 4.46. The fourth-order valence-corrected chi connectivity index (χ4v) is 4.71. The summed E-state index contributed by atoms with van der Waals surface area (Å²) in [5.74, 6) is -0.848. The van der Waals surface area contributed by atoms with Crippen LogP contribution in [0.4, 0.5) is 0 Å². The average Bonchev–Trinajstić information content (AvgIpc) is 3.15. The summed E-state index contributed by atoms with van der Waals surface area (Å²) in [6, 6.07) is 6.59. The number of methoxy groups -OCH3 is 1. The molecule has 30 heavy (non-hydrogen) atoms. The number of aryl methyl sites for hydroxylation is 2. The van der Waals surface area contributed by atoms with Crippen molar-refractivity contribution in [1.29, 1.82) is 0 Å². The van der Waals surface area contributed by atoms with Gasteiger partial charge in [-0.25, -0.2) is 15.2 Å². The van der Waals surface area contributed by atoms with Gasteiger partial charge in [-0.3, -0.25) is 14.2 Å². The van der Waals surface area contributed by atoms with E-state index in [4.69, 9.17) is 0 Å². The SMILES string of the molecule is COC(=O)c1ccc(/C=N/NC(=O)Cn2cnc3sc4c(c3c2=O)CCCC4)cc1. The van der Waals surface area contributed by atoms with Gasteiger partial charge in [-0.2, -0.15) is 5.10 Å². The number of esters is 1. The monoisotopic (exact) mass is 424 g/mol. The summed E-state index contributed by atoms with van der Waals surface area (Å²) in [6.07, 6.45) is 6.97. The highest BCUT2D eigenvalue weighted by Crippen LogP contribution is 2.33. The van der Waals surface area contributed by atoms with Gasteiger partial charge in [0, 0.05) is 4.88 Å². The Kier molecular flexibility index (Phi) is 5.71. The minimum atomic E-state index is -0.426. The largest absolute Gasteiger partial charge is 0.465 e. The Bertz CT molecular complexity index is 1190.